The Morgan fingerprint density at radius 3 is 2.85 bits per heavy atom. The summed E-state index contributed by atoms with van der Waals surface area (Å²) in [6.07, 6.45) is 3.38. The van der Waals surface area contributed by atoms with Gasteiger partial charge in [0.1, 0.15) is 17.6 Å². The second kappa shape index (κ2) is 4.80. The van der Waals surface area contributed by atoms with E-state index in [-0.39, 0.29) is 6.04 Å². The molecule has 1 atom stereocenters. The number of hydrogen-bond donors (Lipinski definition) is 3. The van der Waals surface area contributed by atoms with Gasteiger partial charge < -0.3 is 15.1 Å². The lowest BCUT2D eigenvalue weighted by atomic mass is 10.3. The lowest BCUT2D eigenvalue weighted by Gasteiger charge is -2.12. The van der Waals surface area contributed by atoms with Crippen molar-refractivity contribution in [3.63, 3.8) is 0 Å². The van der Waals surface area contributed by atoms with Gasteiger partial charge in [0.25, 0.3) is 0 Å². The van der Waals surface area contributed by atoms with E-state index >= 15 is 0 Å². The standard InChI is InChI=1S/C12H15N7O/c1-6-4-14-11(20-6)7(2)16-9-8-5-15-19-10(8)18-12(13-3)17-9/h4-5,7H,1-3H3,(H3,13,15,16,17,18,19). The Morgan fingerprint density at radius 2 is 2.15 bits per heavy atom. The van der Waals surface area contributed by atoms with Gasteiger partial charge in [0, 0.05) is 7.05 Å². The Kier molecular flexibility index (Phi) is 2.97. The monoisotopic (exact) mass is 273 g/mol. The molecule has 0 fully saturated rings. The van der Waals surface area contributed by atoms with E-state index in [2.05, 4.69) is 35.8 Å². The third-order valence-electron chi connectivity index (χ3n) is 2.90. The fourth-order valence-electron chi connectivity index (χ4n) is 1.90. The zero-order valence-corrected chi connectivity index (χ0v) is 11.4. The summed E-state index contributed by atoms with van der Waals surface area (Å²) in [5.74, 6) is 2.58. The number of oxazole rings is 1. The van der Waals surface area contributed by atoms with E-state index in [0.29, 0.717) is 23.3 Å². The van der Waals surface area contributed by atoms with Crippen LogP contribution < -0.4 is 10.6 Å². The molecule has 0 amide bonds. The average molecular weight is 273 g/mol. The molecule has 0 bridgehead atoms. The maximum absolute atomic E-state index is 5.51. The first kappa shape index (κ1) is 12.4. The van der Waals surface area contributed by atoms with Crippen LogP contribution in [-0.2, 0) is 0 Å². The maximum atomic E-state index is 5.51. The lowest BCUT2D eigenvalue weighted by Crippen LogP contribution is -2.10. The highest BCUT2D eigenvalue weighted by molar-refractivity contribution is 5.87. The van der Waals surface area contributed by atoms with Crippen molar-refractivity contribution < 1.29 is 4.42 Å². The van der Waals surface area contributed by atoms with Gasteiger partial charge in [0.2, 0.25) is 11.8 Å². The summed E-state index contributed by atoms with van der Waals surface area (Å²) in [7, 11) is 1.77. The average Bonchev–Trinajstić information content (AvgIpc) is 3.06. The number of rotatable bonds is 4. The summed E-state index contributed by atoms with van der Waals surface area (Å²) in [6, 6.07) is -0.110. The third kappa shape index (κ3) is 2.15. The summed E-state index contributed by atoms with van der Waals surface area (Å²) < 4.78 is 5.51. The summed E-state index contributed by atoms with van der Waals surface area (Å²) in [4.78, 5) is 12.9. The van der Waals surface area contributed by atoms with Crippen LogP contribution in [0.15, 0.2) is 16.8 Å². The minimum atomic E-state index is -0.110. The van der Waals surface area contributed by atoms with Crippen molar-refractivity contribution in [3.05, 3.63) is 24.0 Å². The van der Waals surface area contributed by atoms with Gasteiger partial charge in [-0.05, 0) is 13.8 Å². The molecule has 20 heavy (non-hydrogen) atoms. The zero-order valence-electron chi connectivity index (χ0n) is 11.4. The molecular formula is C12H15N7O. The van der Waals surface area contributed by atoms with Crippen LogP contribution in [0, 0.1) is 6.92 Å². The first-order valence-electron chi connectivity index (χ1n) is 6.25. The molecule has 3 rings (SSSR count). The van der Waals surface area contributed by atoms with Gasteiger partial charge in [-0.15, -0.1) is 0 Å². The van der Waals surface area contributed by atoms with Crippen molar-refractivity contribution >= 4 is 22.8 Å². The van der Waals surface area contributed by atoms with Crippen LogP contribution in [0.4, 0.5) is 11.8 Å². The van der Waals surface area contributed by atoms with Crippen molar-refractivity contribution in [1.29, 1.82) is 0 Å². The van der Waals surface area contributed by atoms with Gasteiger partial charge in [-0.2, -0.15) is 15.1 Å². The van der Waals surface area contributed by atoms with E-state index < -0.39 is 0 Å². The SMILES string of the molecule is CNc1nc(NC(C)c2ncc(C)o2)c2cn[nH]c2n1. The van der Waals surface area contributed by atoms with E-state index in [0.717, 1.165) is 11.1 Å². The molecule has 3 aromatic heterocycles. The summed E-state index contributed by atoms with van der Waals surface area (Å²) in [6.45, 7) is 3.82. The zero-order chi connectivity index (χ0) is 14.1. The number of nitrogens with zero attached hydrogens (tertiary/aromatic N) is 4. The van der Waals surface area contributed by atoms with Crippen molar-refractivity contribution in [2.75, 3.05) is 17.7 Å². The molecule has 0 saturated heterocycles. The fraction of sp³-hybridized carbons (Fsp3) is 0.333. The molecule has 0 aliphatic heterocycles. The van der Waals surface area contributed by atoms with E-state index in [9.17, 15) is 0 Å². The van der Waals surface area contributed by atoms with E-state index in [1.165, 1.54) is 0 Å². The van der Waals surface area contributed by atoms with Crippen LogP contribution in [0.1, 0.15) is 24.6 Å². The quantitative estimate of drug-likeness (QED) is 0.666. The number of fused-ring (bicyclic) bond motifs is 1. The number of aromatic amines is 1. The highest BCUT2D eigenvalue weighted by Gasteiger charge is 2.15. The topological polar surface area (TPSA) is 105 Å². The molecule has 0 aliphatic carbocycles. The Hall–Kier alpha value is -2.64. The van der Waals surface area contributed by atoms with Crippen LogP contribution in [0.3, 0.4) is 0 Å². The van der Waals surface area contributed by atoms with Gasteiger partial charge in [0.05, 0.1) is 17.8 Å². The third-order valence-corrected chi connectivity index (χ3v) is 2.90. The summed E-state index contributed by atoms with van der Waals surface area (Å²) in [5, 5.41) is 13.8. The highest BCUT2D eigenvalue weighted by atomic mass is 16.4. The first-order chi connectivity index (χ1) is 9.67. The Morgan fingerprint density at radius 1 is 1.30 bits per heavy atom. The summed E-state index contributed by atoms with van der Waals surface area (Å²) >= 11 is 0. The second-order valence-corrected chi connectivity index (χ2v) is 4.45. The van der Waals surface area contributed by atoms with Gasteiger partial charge in [-0.25, -0.2) is 4.98 Å². The van der Waals surface area contributed by atoms with Gasteiger partial charge in [-0.1, -0.05) is 0 Å². The molecule has 3 N–H and O–H groups in total. The molecule has 1 unspecified atom stereocenters. The molecule has 0 saturated carbocycles. The molecule has 0 aromatic carbocycles. The van der Waals surface area contributed by atoms with Crippen molar-refractivity contribution in [3.8, 4) is 0 Å². The molecule has 0 aliphatic rings. The number of H-pyrrole nitrogens is 1. The van der Waals surface area contributed by atoms with Crippen molar-refractivity contribution in [2.24, 2.45) is 0 Å². The predicted molar refractivity (Wildman–Crippen MR) is 74.5 cm³/mol. The second-order valence-electron chi connectivity index (χ2n) is 4.45. The van der Waals surface area contributed by atoms with Crippen LogP contribution in [-0.4, -0.2) is 32.2 Å². The molecule has 3 aromatic rings. The fourth-order valence-corrected chi connectivity index (χ4v) is 1.90. The smallest absolute Gasteiger partial charge is 0.226 e. The van der Waals surface area contributed by atoms with Crippen LogP contribution >= 0.6 is 0 Å². The maximum Gasteiger partial charge on any atom is 0.226 e. The molecule has 8 heteroatoms. The highest BCUT2D eigenvalue weighted by Crippen LogP contribution is 2.24. The van der Waals surface area contributed by atoms with Gasteiger partial charge >= 0.3 is 0 Å². The predicted octanol–water partition coefficient (Wildman–Crippen LogP) is 1.86. The van der Waals surface area contributed by atoms with Crippen molar-refractivity contribution in [1.82, 2.24) is 25.1 Å². The molecular weight excluding hydrogens is 258 g/mol. The number of nitrogens with one attached hydrogen (secondary N) is 3. The van der Waals surface area contributed by atoms with E-state index in [1.807, 2.05) is 13.8 Å². The summed E-state index contributed by atoms with van der Waals surface area (Å²) in [5.41, 5.74) is 0.669. The van der Waals surface area contributed by atoms with Gasteiger partial charge in [-0.3, -0.25) is 5.10 Å². The molecule has 0 radical (unpaired) electrons. The van der Waals surface area contributed by atoms with Crippen LogP contribution in [0.25, 0.3) is 11.0 Å². The molecule has 0 spiro atoms. The normalized spacial score (nSPS) is 12.6. The molecule has 8 nitrogen and oxygen atoms in total. The number of anilines is 2. The minimum absolute atomic E-state index is 0.110. The minimum Gasteiger partial charge on any atom is -0.444 e. The first-order valence-corrected chi connectivity index (χ1v) is 6.25. The molecule has 104 valence electrons. The Balaban J connectivity index is 1.95. The van der Waals surface area contributed by atoms with Crippen molar-refractivity contribution in [2.45, 2.75) is 19.9 Å². The number of aryl methyl sites for hydroxylation is 1. The largest absolute Gasteiger partial charge is 0.444 e. The van der Waals surface area contributed by atoms with Crippen LogP contribution in [0.5, 0.6) is 0 Å². The Labute approximate surface area is 115 Å². The van der Waals surface area contributed by atoms with E-state index in [4.69, 9.17) is 4.42 Å². The van der Waals surface area contributed by atoms with Crippen LogP contribution in [0.2, 0.25) is 0 Å². The number of hydrogen-bond acceptors (Lipinski definition) is 7. The lowest BCUT2D eigenvalue weighted by molar-refractivity contribution is 0.453. The molecule has 3 heterocycles. The Bertz CT molecular complexity index is 732. The van der Waals surface area contributed by atoms with E-state index in [1.54, 1.807) is 19.4 Å². The number of aromatic nitrogens is 5. The van der Waals surface area contributed by atoms with Gasteiger partial charge in [0.15, 0.2) is 5.65 Å².